The van der Waals surface area contributed by atoms with E-state index in [0.29, 0.717) is 5.89 Å². The summed E-state index contributed by atoms with van der Waals surface area (Å²) in [7, 11) is 0. The molecule has 0 bridgehead atoms. The topological polar surface area (TPSA) is 51.0 Å². The summed E-state index contributed by atoms with van der Waals surface area (Å²) in [4.78, 5) is 4.19. The van der Waals surface area contributed by atoms with Gasteiger partial charge in [0.05, 0.1) is 5.56 Å². The van der Waals surface area contributed by atoms with Crippen molar-refractivity contribution in [1.29, 1.82) is 0 Å². The van der Waals surface area contributed by atoms with E-state index < -0.39 is 11.6 Å². The van der Waals surface area contributed by atoms with E-state index in [1.165, 1.54) is 0 Å². The van der Waals surface area contributed by atoms with Gasteiger partial charge in [-0.2, -0.15) is 4.98 Å². The van der Waals surface area contributed by atoms with Crippen molar-refractivity contribution in [2.45, 2.75) is 18.8 Å². The van der Waals surface area contributed by atoms with Crippen molar-refractivity contribution in [2.75, 3.05) is 13.1 Å². The fraction of sp³-hybridized carbons (Fsp3) is 0.385. The molecular weight excluding hydrogens is 252 g/mol. The molecule has 0 atom stereocenters. The highest BCUT2D eigenvalue weighted by Crippen LogP contribution is 2.27. The van der Waals surface area contributed by atoms with Crippen molar-refractivity contribution in [3.63, 3.8) is 0 Å². The van der Waals surface area contributed by atoms with Gasteiger partial charge in [0.15, 0.2) is 0 Å². The standard InChI is InChI=1S/C13H13F2N3O/c14-9-1-2-11(15)10(7-9)12-17-13(19-18-12)8-3-5-16-6-4-8/h1-2,7-8,16H,3-6H2. The Bertz CT molecular complexity index is 579. The van der Waals surface area contributed by atoms with Crippen LogP contribution in [0.3, 0.4) is 0 Å². The van der Waals surface area contributed by atoms with E-state index in [0.717, 1.165) is 44.1 Å². The molecule has 0 aliphatic carbocycles. The number of piperidine rings is 1. The highest BCUT2D eigenvalue weighted by Gasteiger charge is 2.22. The summed E-state index contributed by atoms with van der Waals surface area (Å²) in [6, 6.07) is 3.20. The van der Waals surface area contributed by atoms with Crippen molar-refractivity contribution < 1.29 is 13.3 Å². The van der Waals surface area contributed by atoms with Crippen LogP contribution < -0.4 is 5.32 Å². The summed E-state index contributed by atoms with van der Waals surface area (Å²) in [5, 5.41) is 6.99. The molecule has 19 heavy (non-hydrogen) atoms. The highest BCUT2D eigenvalue weighted by atomic mass is 19.1. The molecule has 1 fully saturated rings. The van der Waals surface area contributed by atoms with Gasteiger partial charge in [-0.05, 0) is 44.1 Å². The molecule has 100 valence electrons. The largest absolute Gasteiger partial charge is 0.339 e. The second-order valence-electron chi connectivity index (χ2n) is 4.60. The zero-order valence-corrected chi connectivity index (χ0v) is 10.2. The number of aromatic nitrogens is 2. The van der Waals surface area contributed by atoms with Crippen LogP contribution in [0.5, 0.6) is 0 Å². The van der Waals surface area contributed by atoms with Crippen LogP contribution in [0.1, 0.15) is 24.7 Å². The summed E-state index contributed by atoms with van der Waals surface area (Å²) in [5.41, 5.74) is 0.0314. The summed E-state index contributed by atoms with van der Waals surface area (Å²) in [5.74, 6) is -0.284. The number of benzene rings is 1. The third-order valence-corrected chi connectivity index (χ3v) is 3.30. The molecule has 0 spiro atoms. The Balaban J connectivity index is 1.89. The van der Waals surface area contributed by atoms with Crippen molar-refractivity contribution >= 4 is 0 Å². The lowest BCUT2D eigenvalue weighted by molar-refractivity contribution is 0.320. The lowest BCUT2D eigenvalue weighted by Gasteiger charge is -2.18. The maximum absolute atomic E-state index is 13.6. The van der Waals surface area contributed by atoms with Gasteiger partial charge < -0.3 is 9.84 Å². The zero-order valence-electron chi connectivity index (χ0n) is 10.2. The van der Waals surface area contributed by atoms with Crippen LogP contribution in [-0.4, -0.2) is 23.2 Å². The van der Waals surface area contributed by atoms with Gasteiger partial charge >= 0.3 is 0 Å². The van der Waals surface area contributed by atoms with Gasteiger partial charge in [-0.25, -0.2) is 8.78 Å². The zero-order chi connectivity index (χ0) is 13.2. The monoisotopic (exact) mass is 265 g/mol. The minimum Gasteiger partial charge on any atom is -0.339 e. The Hall–Kier alpha value is -1.82. The highest BCUT2D eigenvalue weighted by molar-refractivity contribution is 5.55. The molecular formula is C13H13F2N3O. The van der Waals surface area contributed by atoms with Crippen LogP contribution >= 0.6 is 0 Å². The van der Waals surface area contributed by atoms with Crippen molar-refractivity contribution in [1.82, 2.24) is 15.5 Å². The molecule has 0 radical (unpaired) electrons. The smallest absolute Gasteiger partial charge is 0.230 e. The maximum Gasteiger partial charge on any atom is 0.230 e. The van der Waals surface area contributed by atoms with Gasteiger partial charge in [-0.15, -0.1) is 0 Å². The van der Waals surface area contributed by atoms with Crippen LogP contribution in [0.15, 0.2) is 22.7 Å². The van der Waals surface area contributed by atoms with Crippen LogP contribution in [0, 0.1) is 11.6 Å². The molecule has 2 heterocycles. The number of halogens is 2. The first-order valence-electron chi connectivity index (χ1n) is 6.24. The van der Waals surface area contributed by atoms with Crippen LogP contribution in [0.25, 0.3) is 11.4 Å². The van der Waals surface area contributed by atoms with E-state index in [-0.39, 0.29) is 17.3 Å². The summed E-state index contributed by atoms with van der Waals surface area (Å²) >= 11 is 0. The minimum absolute atomic E-state index is 0.0314. The van der Waals surface area contributed by atoms with Gasteiger partial charge in [-0.3, -0.25) is 0 Å². The van der Waals surface area contributed by atoms with Crippen LogP contribution in [0.2, 0.25) is 0 Å². The number of hydrogen-bond acceptors (Lipinski definition) is 4. The maximum atomic E-state index is 13.6. The van der Waals surface area contributed by atoms with Crippen molar-refractivity contribution in [2.24, 2.45) is 0 Å². The molecule has 0 unspecified atom stereocenters. The predicted molar refractivity (Wildman–Crippen MR) is 64.5 cm³/mol. The fourth-order valence-electron chi connectivity index (χ4n) is 2.25. The van der Waals surface area contributed by atoms with Gasteiger partial charge in [0, 0.05) is 5.92 Å². The third kappa shape index (κ3) is 2.49. The Morgan fingerprint density at radius 2 is 2.00 bits per heavy atom. The Morgan fingerprint density at radius 3 is 2.79 bits per heavy atom. The fourth-order valence-corrected chi connectivity index (χ4v) is 2.25. The van der Waals surface area contributed by atoms with E-state index in [4.69, 9.17) is 4.52 Å². The summed E-state index contributed by atoms with van der Waals surface area (Å²) < 4.78 is 31.9. The van der Waals surface area contributed by atoms with Gasteiger partial charge in [0.25, 0.3) is 0 Å². The van der Waals surface area contributed by atoms with E-state index in [9.17, 15) is 8.78 Å². The molecule has 3 rings (SSSR count). The van der Waals surface area contributed by atoms with Gasteiger partial charge in [0.1, 0.15) is 11.6 Å². The molecule has 6 heteroatoms. The second kappa shape index (κ2) is 5.05. The van der Waals surface area contributed by atoms with E-state index in [1.54, 1.807) is 0 Å². The van der Waals surface area contributed by atoms with E-state index >= 15 is 0 Å². The predicted octanol–water partition coefficient (Wildman–Crippen LogP) is 2.48. The number of nitrogens with one attached hydrogen (secondary N) is 1. The Labute approximate surface area is 108 Å². The molecule has 0 amide bonds. The van der Waals surface area contributed by atoms with Crippen molar-refractivity contribution in [3.8, 4) is 11.4 Å². The lowest BCUT2D eigenvalue weighted by atomic mass is 9.98. The average Bonchev–Trinajstić information content (AvgIpc) is 2.92. The Morgan fingerprint density at radius 1 is 1.21 bits per heavy atom. The second-order valence-corrected chi connectivity index (χ2v) is 4.60. The average molecular weight is 265 g/mol. The van der Waals surface area contributed by atoms with E-state index in [1.807, 2.05) is 0 Å². The van der Waals surface area contributed by atoms with Crippen LogP contribution in [-0.2, 0) is 0 Å². The van der Waals surface area contributed by atoms with Crippen molar-refractivity contribution in [3.05, 3.63) is 35.7 Å². The number of nitrogens with zero attached hydrogens (tertiary/aromatic N) is 2. The van der Waals surface area contributed by atoms with E-state index in [2.05, 4.69) is 15.5 Å². The minimum atomic E-state index is -0.556. The summed E-state index contributed by atoms with van der Waals surface area (Å²) in [6.07, 6.45) is 1.82. The first kappa shape index (κ1) is 12.2. The lowest BCUT2D eigenvalue weighted by Crippen LogP contribution is -2.26. The van der Waals surface area contributed by atoms with Crippen LogP contribution in [0.4, 0.5) is 8.78 Å². The number of rotatable bonds is 2. The quantitative estimate of drug-likeness (QED) is 0.906. The molecule has 0 saturated carbocycles. The van der Waals surface area contributed by atoms with Gasteiger partial charge in [-0.1, -0.05) is 5.16 Å². The molecule has 1 aromatic heterocycles. The molecule has 1 aliphatic heterocycles. The molecule has 1 saturated heterocycles. The first-order chi connectivity index (χ1) is 9.24. The first-order valence-corrected chi connectivity index (χ1v) is 6.24. The normalized spacial score (nSPS) is 16.7. The van der Waals surface area contributed by atoms with Gasteiger partial charge in [0.2, 0.25) is 11.7 Å². The SMILES string of the molecule is Fc1ccc(F)c(-c2noc(C3CCNCC3)n2)c1. The Kier molecular flexibility index (Phi) is 3.25. The third-order valence-electron chi connectivity index (χ3n) is 3.30. The molecule has 2 aromatic rings. The summed E-state index contributed by atoms with van der Waals surface area (Å²) in [6.45, 7) is 1.80. The molecule has 1 N–H and O–H groups in total. The number of hydrogen-bond donors (Lipinski definition) is 1. The molecule has 4 nitrogen and oxygen atoms in total. The molecule has 1 aliphatic rings. The molecule has 1 aromatic carbocycles.